The summed E-state index contributed by atoms with van der Waals surface area (Å²) in [7, 11) is 0. The minimum atomic E-state index is 0.393. The van der Waals surface area contributed by atoms with Crippen molar-refractivity contribution < 1.29 is 0 Å². The first-order valence-corrected chi connectivity index (χ1v) is 7.00. The second-order valence-electron chi connectivity index (χ2n) is 4.54. The number of benzene rings is 1. The van der Waals surface area contributed by atoms with Crippen molar-refractivity contribution in [2.45, 2.75) is 30.9 Å². The van der Waals surface area contributed by atoms with Crippen LogP contribution in [0.4, 0.5) is 0 Å². The third-order valence-electron chi connectivity index (χ3n) is 3.38. The van der Waals surface area contributed by atoms with Gasteiger partial charge in [-0.3, -0.25) is 0 Å². The summed E-state index contributed by atoms with van der Waals surface area (Å²) in [6.45, 7) is 0. The fourth-order valence-electron chi connectivity index (χ4n) is 2.57. The molecular weight excluding hydrogens is 228 g/mol. The zero-order valence-electron chi connectivity index (χ0n) is 9.73. The standard InChI is InChI=1S/C14H16N2S/c15-14-16-12-9-5-4-8-11(12)13(17-14)10-6-2-1-3-7-10/h1-3,6-7,13H,4-5,8-9H2,(H2,15,16). The average Bonchev–Trinajstić information content (AvgIpc) is 2.39. The van der Waals surface area contributed by atoms with E-state index in [-0.39, 0.29) is 0 Å². The van der Waals surface area contributed by atoms with Gasteiger partial charge in [0.05, 0.1) is 5.25 Å². The van der Waals surface area contributed by atoms with Gasteiger partial charge in [0.25, 0.3) is 0 Å². The van der Waals surface area contributed by atoms with Crippen LogP contribution in [0.5, 0.6) is 0 Å². The van der Waals surface area contributed by atoms with E-state index in [0.717, 1.165) is 11.6 Å². The van der Waals surface area contributed by atoms with E-state index in [0.29, 0.717) is 5.25 Å². The van der Waals surface area contributed by atoms with Gasteiger partial charge in [-0.1, -0.05) is 42.1 Å². The highest BCUT2D eigenvalue weighted by Gasteiger charge is 2.27. The molecule has 0 bridgehead atoms. The maximum absolute atomic E-state index is 5.95. The van der Waals surface area contributed by atoms with Gasteiger partial charge in [0.1, 0.15) is 0 Å². The molecule has 2 nitrogen and oxygen atoms in total. The molecule has 0 aromatic heterocycles. The maximum Gasteiger partial charge on any atom is 0.159 e. The number of rotatable bonds is 1. The molecule has 3 heteroatoms. The normalized spacial score (nSPS) is 24.2. The highest BCUT2D eigenvalue weighted by Crippen LogP contribution is 2.45. The Morgan fingerprint density at radius 1 is 1.12 bits per heavy atom. The van der Waals surface area contributed by atoms with Crippen LogP contribution < -0.4 is 5.73 Å². The first-order valence-electron chi connectivity index (χ1n) is 6.12. The van der Waals surface area contributed by atoms with Gasteiger partial charge in [0.2, 0.25) is 0 Å². The Kier molecular flexibility index (Phi) is 2.93. The van der Waals surface area contributed by atoms with E-state index in [1.165, 1.54) is 36.1 Å². The number of amidine groups is 1. The van der Waals surface area contributed by atoms with E-state index in [4.69, 9.17) is 5.73 Å². The summed E-state index contributed by atoms with van der Waals surface area (Å²) in [5, 5.41) is 1.11. The monoisotopic (exact) mass is 244 g/mol. The molecule has 17 heavy (non-hydrogen) atoms. The number of nitrogens with two attached hydrogens (primary N) is 1. The molecule has 0 saturated carbocycles. The Bertz CT molecular complexity index is 476. The van der Waals surface area contributed by atoms with Crippen LogP contribution in [0.25, 0.3) is 0 Å². The minimum absolute atomic E-state index is 0.393. The van der Waals surface area contributed by atoms with Crippen LogP contribution >= 0.6 is 11.8 Å². The molecule has 1 atom stereocenters. The lowest BCUT2D eigenvalue weighted by Gasteiger charge is -2.29. The molecule has 1 aliphatic carbocycles. The Balaban J connectivity index is 2.01. The number of nitrogens with zero attached hydrogens (tertiary/aromatic N) is 1. The summed E-state index contributed by atoms with van der Waals surface area (Å²) in [6, 6.07) is 10.6. The van der Waals surface area contributed by atoms with Gasteiger partial charge in [0, 0.05) is 5.70 Å². The lowest BCUT2D eigenvalue weighted by Crippen LogP contribution is -2.18. The van der Waals surface area contributed by atoms with Gasteiger partial charge >= 0.3 is 0 Å². The van der Waals surface area contributed by atoms with E-state index >= 15 is 0 Å². The highest BCUT2D eigenvalue weighted by atomic mass is 32.2. The molecule has 0 saturated heterocycles. The Morgan fingerprint density at radius 3 is 2.71 bits per heavy atom. The van der Waals surface area contributed by atoms with E-state index in [1.54, 1.807) is 11.8 Å². The second-order valence-corrected chi connectivity index (χ2v) is 5.66. The second kappa shape index (κ2) is 4.57. The summed E-state index contributed by atoms with van der Waals surface area (Å²) in [5.74, 6) is 0. The van der Waals surface area contributed by atoms with Crippen LogP contribution in [0.1, 0.15) is 36.5 Å². The molecule has 0 amide bonds. The van der Waals surface area contributed by atoms with Gasteiger partial charge < -0.3 is 5.73 Å². The van der Waals surface area contributed by atoms with Gasteiger partial charge in [0.15, 0.2) is 5.17 Å². The predicted octanol–water partition coefficient (Wildman–Crippen LogP) is 3.62. The molecule has 1 aliphatic heterocycles. The summed E-state index contributed by atoms with van der Waals surface area (Å²) in [6.07, 6.45) is 4.82. The molecule has 0 radical (unpaired) electrons. The minimum Gasteiger partial charge on any atom is -0.378 e. The van der Waals surface area contributed by atoms with Gasteiger partial charge in [-0.2, -0.15) is 0 Å². The van der Waals surface area contributed by atoms with Crippen molar-refractivity contribution in [3.8, 4) is 0 Å². The van der Waals surface area contributed by atoms with Crippen molar-refractivity contribution in [1.29, 1.82) is 0 Å². The quantitative estimate of drug-likeness (QED) is 0.819. The van der Waals surface area contributed by atoms with Crippen LogP contribution in [0, 0.1) is 0 Å². The van der Waals surface area contributed by atoms with Gasteiger partial charge in [-0.25, -0.2) is 4.99 Å². The largest absolute Gasteiger partial charge is 0.378 e. The Hall–Kier alpha value is -1.22. The third kappa shape index (κ3) is 2.12. The topological polar surface area (TPSA) is 38.4 Å². The van der Waals surface area contributed by atoms with E-state index in [2.05, 4.69) is 35.3 Å². The molecule has 0 spiro atoms. The Labute approximate surface area is 106 Å². The molecule has 1 unspecified atom stereocenters. The number of aliphatic imine (C=N–C) groups is 1. The van der Waals surface area contributed by atoms with Crippen molar-refractivity contribution in [1.82, 2.24) is 0 Å². The highest BCUT2D eigenvalue weighted by molar-refractivity contribution is 8.14. The van der Waals surface area contributed by atoms with Gasteiger partial charge in [-0.05, 0) is 36.8 Å². The fourth-order valence-corrected chi connectivity index (χ4v) is 3.66. The van der Waals surface area contributed by atoms with Gasteiger partial charge in [-0.15, -0.1) is 0 Å². The van der Waals surface area contributed by atoms with Crippen molar-refractivity contribution in [3.63, 3.8) is 0 Å². The summed E-state index contributed by atoms with van der Waals surface area (Å²) in [4.78, 5) is 4.52. The van der Waals surface area contributed by atoms with Crippen molar-refractivity contribution in [2.24, 2.45) is 10.7 Å². The smallest absolute Gasteiger partial charge is 0.159 e. The molecule has 88 valence electrons. The van der Waals surface area contributed by atoms with Crippen LogP contribution in [-0.2, 0) is 0 Å². The number of hydrogen-bond donors (Lipinski definition) is 1. The SMILES string of the molecule is NC1=NC2=C(CCCC2)C(c2ccccc2)S1. The first kappa shape index (κ1) is 10.9. The lowest BCUT2D eigenvalue weighted by atomic mass is 9.91. The third-order valence-corrected chi connectivity index (χ3v) is 4.51. The molecule has 3 rings (SSSR count). The van der Waals surface area contributed by atoms with Crippen molar-refractivity contribution >= 4 is 16.9 Å². The molecule has 0 fully saturated rings. The van der Waals surface area contributed by atoms with Crippen molar-refractivity contribution in [2.75, 3.05) is 0 Å². The van der Waals surface area contributed by atoms with Crippen LogP contribution in [0.15, 0.2) is 46.6 Å². The number of thioether (sulfide) groups is 1. The summed E-state index contributed by atoms with van der Waals surface area (Å²) < 4.78 is 0. The molecule has 1 heterocycles. The molecule has 1 aromatic carbocycles. The van der Waals surface area contributed by atoms with Crippen LogP contribution in [0.3, 0.4) is 0 Å². The maximum atomic E-state index is 5.95. The van der Waals surface area contributed by atoms with Crippen LogP contribution in [-0.4, -0.2) is 5.17 Å². The van der Waals surface area contributed by atoms with E-state index in [1.807, 2.05) is 0 Å². The van der Waals surface area contributed by atoms with Crippen LogP contribution in [0.2, 0.25) is 0 Å². The summed E-state index contributed by atoms with van der Waals surface area (Å²) in [5.41, 5.74) is 10.1. The van der Waals surface area contributed by atoms with Crippen molar-refractivity contribution in [3.05, 3.63) is 47.2 Å². The molecule has 2 N–H and O–H groups in total. The predicted molar refractivity (Wildman–Crippen MR) is 73.9 cm³/mol. The fraction of sp³-hybridized carbons (Fsp3) is 0.357. The Morgan fingerprint density at radius 2 is 1.88 bits per heavy atom. The average molecular weight is 244 g/mol. The van der Waals surface area contributed by atoms with E-state index in [9.17, 15) is 0 Å². The van der Waals surface area contributed by atoms with E-state index < -0.39 is 0 Å². The lowest BCUT2D eigenvalue weighted by molar-refractivity contribution is 0.650. The molecule has 1 aromatic rings. The number of allylic oxidation sites excluding steroid dienone is 1. The zero-order valence-corrected chi connectivity index (χ0v) is 10.5. The first-order chi connectivity index (χ1) is 8.34. The zero-order chi connectivity index (χ0) is 11.7. The molecule has 2 aliphatic rings. The molecular formula is C14H16N2S. The summed E-state index contributed by atoms with van der Waals surface area (Å²) >= 11 is 1.70. The number of hydrogen-bond acceptors (Lipinski definition) is 3.